The Labute approximate surface area is 255 Å². The number of rotatable bonds is 9. The summed E-state index contributed by atoms with van der Waals surface area (Å²) in [6, 6.07) is 18.2. The number of thioether (sulfide) groups is 1. The molecule has 1 unspecified atom stereocenters. The molecule has 1 aliphatic heterocycles. The van der Waals surface area contributed by atoms with E-state index in [1.807, 2.05) is 36.4 Å². The minimum Gasteiger partial charge on any atom is -0.497 e. The van der Waals surface area contributed by atoms with Gasteiger partial charge in [0.15, 0.2) is 22.3 Å². The lowest BCUT2D eigenvalue weighted by Crippen LogP contribution is -2.29. The van der Waals surface area contributed by atoms with Gasteiger partial charge in [-0.2, -0.15) is 10.2 Å². The van der Waals surface area contributed by atoms with Crippen LogP contribution in [0.1, 0.15) is 23.6 Å². The number of hydrogen-bond donors (Lipinski definition) is 1. The maximum absolute atomic E-state index is 13.8. The third-order valence-corrected chi connectivity index (χ3v) is 8.06. The molecule has 0 radical (unpaired) electrons. The summed E-state index contributed by atoms with van der Waals surface area (Å²) < 4.78 is 31.4. The maximum Gasteiger partial charge on any atom is 0.262 e. The minimum atomic E-state index is -0.473. The molecule has 224 valence electrons. The lowest BCUT2D eigenvalue weighted by molar-refractivity contribution is -0.130. The Kier molecular flexibility index (Phi) is 8.03. The number of carbonyl (C=O) groups is 1. The smallest absolute Gasteiger partial charge is 0.262 e. The van der Waals surface area contributed by atoms with Crippen molar-refractivity contribution in [1.29, 1.82) is 0 Å². The number of aromatic nitrogens is 4. The number of ether oxygens (including phenoxy) is 3. The first kappa shape index (κ1) is 28.9. The van der Waals surface area contributed by atoms with Crippen LogP contribution >= 0.6 is 11.8 Å². The molecular weight excluding hydrogens is 587 g/mol. The zero-order chi connectivity index (χ0) is 30.8. The molecule has 1 atom stereocenters. The summed E-state index contributed by atoms with van der Waals surface area (Å²) in [5.41, 5.74) is 2.74. The van der Waals surface area contributed by atoms with Crippen LogP contribution in [0.5, 0.6) is 17.2 Å². The number of nitrogens with zero attached hydrogens (tertiary/aromatic N) is 5. The molecule has 3 aromatic carbocycles. The van der Waals surface area contributed by atoms with Crippen molar-refractivity contribution in [3.8, 4) is 22.9 Å². The van der Waals surface area contributed by atoms with Gasteiger partial charge in [-0.15, -0.1) is 0 Å². The molecule has 11 nitrogen and oxygen atoms in total. The predicted octanol–water partition coefficient (Wildman–Crippen LogP) is 4.74. The van der Waals surface area contributed by atoms with E-state index >= 15 is 0 Å². The second-order valence-electron chi connectivity index (χ2n) is 9.75. The fourth-order valence-electron chi connectivity index (χ4n) is 5.05. The summed E-state index contributed by atoms with van der Waals surface area (Å²) >= 11 is 1.07. The molecule has 0 saturated carbocycles. The van der Waals surface area contributed by atoms with Crippen molar-refractivity contribution in [2.45, 2.75) is 17.6 Å². The van der Waals surface area contributed by atoms with E-state index in [-0.39, 0.29) is 27.8 Å². The third-order valence-electron chi connectivity index (χ3n) is 7.20. The van der Waals surface area contributed by atoms with Crippen molar-refractivity contribution in [2.24, 2.45) is 5.10 Å². The molecule has 0 aliphatic carbocycles. The number of amides is 1. The van der Waals surface area contributed by atoms with E-state index in [1.165, 1.54) is 28.0 Å². The van der Waals surface area contributed by atoms with E-state index in [0.29, 0.717) is 29.4 Å². The van der Waals surface area contributed by atoms with Gasteiger partial charge < -0.3 is 19.2 Å². The van der Waals surface area contributed by atoms with Crippen molar-refractivity contribution < 1.29 is 23.4 Å². The highest BCUT2D eigenvalue weighted by Gasteiger charge is 2.35. The van der Waals surface area contributed by atoms with Crippen LogP contribution in [0.15, 0.2) is 88.0 Å². The van der Waals surface area contributed by atoms with Crippen LogP contribution < -0.4 is 19.8 Å². The fourth-order valence-corrected chi connectivity index (χ4v) is 5.76. The third kappa shape index (κ3) is 5.49. The molecule has 0 spiro atoms. The molecule has 5 aromatic rings. The normalized spacial score (nSPS) is 14.5. The van der Waals surface area contributed by atoms with Gasteiger partial charge in [0.2, 0.25) is 0 Å². The Bertz CT molecular complexity index is 1920. The van der Waals surface area contributed by atoms with Crippen LogP contribution in [0.2, 0.25) is 0 Å². The van der Waals surface area contributed by atoms with E-state index in [9.17, 15) is 14.0 Å². The standard InChI is InChI=1S/C31H27FN6O5S/c1-41-21-13-7-18(8-14-21)24-15-25(22-5-4-6-26(42-2)28(22)43-3)38(36-24)27(39)17-44-31-34-29-23(30(40)35-31)16-33-37(29)20-11-9-19(32)10-12-20/h4-14,16,25H,15,17H2,1-3H3,(H,34,35,40). The topological polar surface area (TPSA) is 124 Å². The van der Waals surface area contributed by atoms with E-state index in [1.54, 1.807) is 39.5 Å². The summed E-state index contributed by atoms with van der Waals surface area (Å²) in [5, 5.41) is 10.9. The largest absolute Gasteiger partial charge is 0.497 e. The molecule has 3 heterocycles. The van der Waals surface area contributed by atoms with Crippen LogP contribution in [0.25, 0.3) is 16.7 Å². The van der Waals surface area contributed by atoms with E-state index in [4.69, 9.17) is 19.3 Å². The average Bonchev–Trinajstić information content (AvgIpc) is 3.69. The Morgan fingerprint density at radius 1 is 1.02 bits per heavy atom. The van der Waals surface area contributed by atoms with Gasteiger partial charge in [0.1, 0.15) is 17.0 Å². The van der Waals surface area contributed by atoms with Crippen LogP contribution in [0, 0.1) is 5.82 Å². The number of fused-ring (bicyclic) bond motifs is 1. The molecule has 0 bridgehead atoms. The minimum absolute atomic E-state index is 0.0681. The second kappa shape index (κ2) is 12.2. The monoisotopic (exact) mass is 614 g/mol. The molecule has 1 aliphatic rings. The van der Waals surface area contributed by atoms with Crippen molar-refractivity contribution >= 4 is 34.4 Å². The van der Waals surface area contributed by atoms with E-state index in [2.05, 4.69) is 15.1 Å². The van der Waals surface area contributed by atoms with E-state index in [0.717, 1.165) is 28.6 Å². The number of hydrogen-bond acceptors (Lipinski definition) is 9. The number of aromatic amines is 1. The number of hydrazone groups is 1. The summed E-state index contributed by atoms with van der Waals surface area (Å²) in [6.45, 7) is 0. The van der Waals surface area contributed by atoms with Crippen molar-refractivity contribution in [3.05, 3.63) is 100 Å². The molecule has 0 fully saturated rings. The van der Waals surface area contributed by atoms with Crippen LogP contribution in [-0.4, -0.2) is 63.5 Å². The molecule has 1 N–H and O–H groups in total. The van der Waals surface area contributed by atoms with Gasteiger partial charge in [0.25, 0.3) is 11.5 Å². The highest BCUT2D eigenvalue weighted by Crippen LogP contribution is 2.42. The Hall–Kier alpha value is -5.17. The average molecular weight is 615 g/mol. The lowest BCUT2D eigenvalue weighted by atomic mass is 9.97. The molecule has 13 heteroatoms. The number of H-pyrrole nitrogens is 1. The van der Waals surface area contributed by atoms with Gasteiger partial charge in [-0.25, -0.2) is 19.1 Å². The van der Waals surface area contributed by atoms with Gasteiger partial charge in [-0.1, -0.05) is 23.9 Å². The second-order valence-corrected chi connectivity index (χ2v) is 10.7. The van der Waals surface area contributed by atoms with Gasteiger partial charge in [0.05, 0.1) is 50.7 Å². The van der Waals surface area contributed by atoms with Crippen LogP contribution in [0.3, 0.4) is 0 Å². The van der Waals surface area contributed by atoms with Gasteiger partial charge in [0, 0.05) is 12.0 Å². The summed E-state index contributed by atoms with van der Waals surface area (Å²) in [5.74, 6) is 1.00. The Morgan fingerprint density at radius 2 is 1.80 bits per heavy atom. The number of halogens is 1. The van der Waals surface area contributed by atoms with Crippen LogP contribution in [0.4, 0.5) is 4.39 Å². The number of nitrogens with one attached hydrogen (secondary N) is 1. The van der Waals surface area contributed by atoms with Crippen molar-refractivity contribution in [1.82, 2.24) is 24.8 Å². The molecule has 44 heavy (non-hydrogen) atoms. The molecule has 2 aromatic heterocycles. The van der Waals surface area contributed by atoms with Crippen molar-refractivity contribution in [2.75, 3.05) is 27.1 Å². The SMILES string of the molecule is COc1ccc(C2=NN(C(=O)CSc3nc4c(cnn4-c4ccc(F)cc4)c(=O)[nH]3)C(c3cccc(OC)c3OC)C2)cc1. The summed E-state index contributed by atoms with van der Waals surface area (Å²) in [7, 11) is 4.71. The van der Waals surface area contributed by atoms with Crippen LogP contribution in [-0.2, 0) is 4.79 Å². The number of benzene rings is 3. The van der Waals surface area contributed by atoms with Gasteiger partial charge in [-0.05, 0) is 60.2 Å². The molecule has 6 rings (SSSR count). The highest BCUT2D eigenvalue weighted by molar-refractivity contribution is 7.99. The first-order valence-corrected chi connectivity index (χ1v) is 14.5. The Balaban J connectivity index is 1.31. The first-order chi connectivity index (χ1) is 21.4. The fraction of sp³-hybridized carbons (Fsp3) is 0.194. The summed E-state index contributed by atoms with van der Waals surface area (Å²) in [6.07, 6.45) is 1.83. The maximum atomic E-state index is 13.8. The number of para-hydroxylation sites is 1. The highest BCUT2D eigenvalue weighted by atomic mass is 32.2. The molecular formula is C31H27FN6O5S. The van der Waals surface area contributed by atoms with Gasteiger partial charge in [-0.3, -0.25) is 9.59 Å². The first-order valence-electron chi connectivity index (χ1n) is 13.5. The molecule has 1 amide bonds. The lowest BCUT2D eigenvalue weighted by Gasteiger charge is -2.24. The number of carbonyl (C=O) groups excluding carboxylic acids is 1. The Morgan fingerprint density at radius 3 is 2.50 bits per heavy atom. The quantitative estimate of drug-likeness (QED) is 0.187. The number of methoxy groups -OCH3 is 3. The predicted molar refractivity (Wildman–Crippen MR) is 163 cm³/mol. The van der Waals surface area contributed by atoms with E-state index < -0.39 is 17.4 Å². The zero-order valence-electron chi connectivity index (χ0n) is 24.0. The van der Waals surface area contributed by atoms with Crippen molar-refractivity contribution in [3.63, 3.8) is 0 Å². The molecule has 0 saturated heterocycles. The summed E-state index contributed by atoms with van der Waals surface area (Å²) in [4.78, 5) is 33.9. The van der Waals surface area contributed by atoms with Gasteiger partial charge >= 0.3 is 0 Å². The zero-order valence-corrected chi connectivity index (χ0v) is 24.8.